The molecule has 0 aliphatic carbocycles. The van der Waals surface area contributed by atoms with Gasteiger partial charge in [0.2, 0.25) is 5.89 Å². The van der Waals surface area contributed by atoms with Gasteiger partial charge < -0.3 is 4.42 Å². The van der Waals surface area contributed by atoms with Crippen LogP contribution in [0.25, 0.3) is 17.5 Å². The van der Waals surface area contributed by atoms with Crippen molar-refractivity contribution in [3.63, 3.8) is 0 Å². The van der Waals surface area contributed by atoms with Crippen LogP contribution in [0.1, 0.15) is 5.56 Å². The molecule has 23 heavy (non-hydrogen) atoms. The minimum Gasteiger partial charge on any atom is -0.403 e. The number of amides is 1. The number of carbonyl (C=O) groups excluding carboxylic acids is 1. The molecule has 0 unspecified atom stereocenters. The van der Waals surface area contributed by atoms with Crippen molar-refractivity contribution in [2.45, 2.75) is 0 Å². The molecule has 0 radical (unpaired) electrons. The van der Waals surface area contributed by atoms with E-state index in [1.54, 1.807) is 30.3 Å². The Morgan fingerprint density at radius 1 is 1.04 bits per heavy atom. The predicted octanol–water partition coefficient (Wildman–Crippen LogP) is 4.04. The largest absolute Gasteiger partial charge is 0.403 e. The lowest BCUT2D eigenvalue weighted by Gasteiger charge is -1.96. The molecule has 114 valence electrons. The van der Waals surface area contributed by atoms with Crippen LogP contribution in [0, 0.1) is 0 Å². The van der Waals surface area contributed by atoms with E-state index < -0.39 is 0 Å². The Hall–Kier alpha value is -2.92. The molecule has 3 aromatic rings. The third-order valence-corrected chi connectivity index (χ3v) is 3.23. The average molecular weight is 326 g/mol. The first-order chi connectivity index (χ1) is 11.2. The number of hydrogen-bond donors (Lipinski definition) is 1. The van der Waals surface area contributed by atoms with Gasteiger partial charge in [0, 0.05) is 16.7 Å². The van der Waals surface area contributed by atoms with Crippen LogP contribution in [0.2, 0.25) is 5.02 Å². The highest BCUT2D eigenvalue weighted by Crippen LogP contribution is 2.21. The van der Waals surface area contributed by atoms with Gasteiger partial charge in [-0.2, -0.15) is 0 Å². The van der Waals surface area contributed by atoms with Gasteiger partial charge in [0.1, 0.15) is 0 Å². The van der Waals surface area contributed by atoms with E-state index in [0.717, 1.165) is 11.1 Å². The Labute approximate surface area is 137 Å². The number of hydrogen-bond acceptors (Lipinski definition) is 4. The van der Waals surface area contributed by atoms with Crippen LogP contribution in [0.3, 0.4) is 0 Å². The van der Waals surface area contributed by atoms with Crippen LogP contribution in [-0.2, 0) is 4.79 Å². The van der Waals surface area contributed by atoms with E-state index in [-0.39, 0.29) is 11.9 Å². The quantitative estimate of drug-likeness (QED) is 0.735. The number of nitrogens with one attached hydrogen (secondary N) is 1. The second-order valence-electron chi connectivity index (χ2n) is 4.65. The summed E-state index contributed by atoms with van der Waals surface area (Å²) < 4.78 is 5.40. The van der Waals surface area contributed by atoms with Crippen LogP contribution in [-0.4, -0.2) is 16.1 Å². The Balaban J connectivity index is 1.66. The van der Waals surface area contributed by atoms with Crippen LogP contribution in [0.4, 0.5) is 6.01 Å². The number of benzene rings is 2. The van der Waals surface area contributed by atoms with Gasteiger partial charge in [-0.1, -0.05) is 47.0 Å². The van der Waals surface area contributed by atoms with Crippen LogP contribution >= 0.6 is 11.6 Å². The molecule has 0 atom stereocenters. The fourth-order valence-electron chi connectivity index (χ4n) is 1.87. The molecule has 0 saturated carbocycles. The minimum absolute atomic E-state index is 0.0395. The van der Waals surface area contributed by atoms with Crippen molar-refractivity contribution in [2.75, 3.05) is 5.32 Å². The van der Waals surface area contributed by atoms with Crippen molar-refractivity contribution < 1.29 is 9.21 Å². The summed E-state index contributed by atoms with van der Waals surface area (Å²) in [5.74, 6) is -0.0378. The van der Waals surface area contributed by atoms with E-state index in [2.05, 4.69) is 15.5 Å². The molecular formula is C17H12ClN3O2. The number of carbonyl (C=O) groups is 1. The molecule has 1 heterocycles. The molecule has 0 aliphatic rings. The third kappa shape index (κ3) is 4.05. The molecule has 0 spiro atoms. The summed E-state index contributed by atoms with van der Waals surface area (Å²) in [6.07, 6.45) is 3.10. The maximum absolute atomic E-state index is 11.8. The van der Waals surface area contributed by atoms with Crippen LogP contribution in [0.5, 0.6) is 0 Å². The molecule has 0 fully saturated rings. The molecule has 6 heteroatoms. The topological polar surface area (TPSA) is 68.0 Å². The van der Waals surface area contributed by atoms with Gasteiger partial charge in [0.05, 0.1) is 0 Å². The number of rotatable bonds is 4. The van der Waals surface area contributed by atoms with Crippen LogP contribution < -0.4 is 5.32 Å². The van der Waals surface area contributed by atoms with E-state index in [4.69, 9.17) is 16.0 Å². The fraction of sp³-hybridized carbons (Fsp3) is 0. The molecule has 1 amide bonds. The van der Waals surface area contributed by atoms with Gasteiger partial charge in [-0.3, -0.25) is 10.1 Å². The molecule has 2 aromatic carbocycles. The molecule has 0 saturated heterocycles. The summed E-state index contributed by atoms with van der Waals surface area (Å²) in [6, 6.07) is 16.5. The van der Waals surface area contributed by atoms with E-state index >= 15 is 0 Å². The second-order valence-corrected chi connectivity index (χ2v) is 5.09. The first-order valence-corrected chi connectivity index (χ1v) is 7.22. The lowest BCUT2D eigenvalue weighted by atomic mass is 10.2. The monoisotopic (exact) mass is 325 g/mol. The smallest absolute Gasteiger partial charge is 0.322 e. The SMILES string of the molecule is O=C(C=Cc1ccccc1)Nc1nnc(-c2ccc(Cl)cc2)o1. The summed E-state index contributed by atoms with van der Waals surface area (Å²) in [5.41, 5.74) is 1.65. The van der Waals surface area contributed by atoms with Crippen molar-refractivity contribution in [1.29, 1.82) is 0 Å². The third-order valence-electron chi connectivity index (χ3n) is 2.97. The molecule has 5 nitrogen and oxygen atoms in total. The van der Waals surface area contributed by atoms with Gasteiger partial charge >= 0.3 is 6.01 Å². The number of halogens is 1. The van der Waals surface area contributed by atoms with E-state index in [1.807, 2.05) is 30.3 Å². The van der Waals surface area contributed by atoms with Crippen molar-refractivity contribution in [1.82, 2.24) is 10.2 Å². The Morgan fingerprint density at radius 3 is 2.52 bits per heavy atom. The average Bonchev–Trinajstić information content (AvgIpc) is 3.03. The van der Waals surface area contributed by atoms with Crippen LogP contribution in [0.15, 0.2) is 65.1 Å². The Kier molecular flexibility index (Phi) is 4.49. The van der Waals surface area contributed by atoms with Crippen molar-refractivity contribution >= 4 is 29.6 Å². The summed E-state index contributed by atoms with van der Waals surface area (Å²) in [6.45, 7) is 0. The minimum atomic E-state index is -0.347. The fourth-order valence-corrected chi connectivity index (χ4v) is 1.99. The van der Waals surface area contributed by atoms with Gasteiger partial charge in [0.25, 0.3) is 5.91 Å². The maximum Gasteiger partial charge on any atom is 0.322 e. The Bertz CT molecular complexity index is 827. The van der Waals surface area contributed by atoms with Gasteiger partial charge in [0.15, 0.2) is 0 Å². The Morgan fingerprint density at radius 2 is 1.78 bits per heavy atom. The number of anilines is 1. The zero-order chi connectivity index (χ0) is 16.1. The van der Waals surface area contributed by atoms with E-state index in [0.29, 0.717) is 10.9 Å². The maximum atomic E-state index is 11.8. The summed E-state index contributed by atoms with van der Waals surface area (Å²) in [5, 5.41) is 10.8. The summed E-state index contributed by atoms with van der Waals surface area (Å²) >= 11 is 5.83. The predicted molar refractivity (Wildman–Crippen MR) is 88.8 cm³/mol. The molecule has 3 rings (SSSR count). The molecule has 1 aromatic heterocycles. The van der Waals surface area contributed by atoms with Crippen molar-refractivity contribution in [2.24, 2.45) is 0 Å². The molecule has 0 bridgehead atoms. The van der Waals surface area contributed by atoms with E-state index in [1.165, 1.54) is 6.08 Å². The normalized spacial score (nSPS) is 10.8. The molecular weight excluding hydrogens is 314 g/mol. The highest BCUT2D eigenvalue weighted by Gasteiger charge is 2.09. The van der Waals surface area contributed by atoms with Gasteiger partial charge in [-0.25, -0.2) is 0 Å². The second kappa shape index (κ2) is 6.89. The van der Waals surface area contributed by atoms with Gasteiger partial charge in [-0.15, -0.1) is 5.10 Å². The summed E-state index contributed by atoms with van der Waals surface area (Å²) in [7, 11) is 0. The lowest BCUT2D eigenvalue weighted by Crippen LogP contribution is -2.07. The summed E-state index contributed by atoms with van der Waals surface area (Å²) in [4.78, 5) is 11.8. The number of aromatic nitrogens is 2. The zero-order valence-electron chi connectivity index (χ0n) is 11.9. The molecule has 1 N–H and O–H groups in total. The number of nitrogens with zero attached hydrogens (tertiary/aromatic N) is 2. The van der Waals surface area contributed by atoms with E-state index in [9.17, 15) is 4.79 Å². The highest BCUT2D eigenvalue weighted by atomic mass is 35.5. The first kappa shape index (κ1) is 15.0. The first-order valence-electron chi connectivity index (χ1n) is 6.84. The standard InChI is InChI=1S/C17H12ClN3O2/c18-14-9-7-13(8-10-14)16-20-21-17(23-16)19-15(22)11-6-12-4-2-1-3-5-12/h1-11H,(H,19,21,22). The van der Waals surface area contributed by atoms with Gasteiger partial charge in [-0.05, 0) is 35.9 Å². The van der Waals surface area contributed by atoms with Crippen molar-refractivity contribution in [3.05, 3.63) is 71.3 Å². The highest BCUT2D eigenvalue weighted by molar-refractivity contribution is 6.30. The lowest BCUT2D eigenvalue weighted by molar-refractivity contribution is -0.112. The molecule has 0 aliphatic heterocycles. The van der Waals surface area contributed by atoms with Crippen molar-refractivity contribution in [3.8, 4) is 11.5 Å². The zero-order valence-corrected chi connectivity index (χ0v) is 12.7.